The molecule has 4 rings (SSSR count). The van der Waals surface area contributed by atoms with Crippen LogP contribution in [0.2, 0.25) is 0 Å². The number of pyridine rings is 1. The average Bonchev–Trinajstić information content (AvgIpc) is 2.72. The molecule has 27 heavy (non-hydrogen) atoms. The second kappa shape index (κ2) is 7.60. The third-order valence-corrected chi connectivity index (χ3v) is 4.74. The Morgan fingerprint density at radius 2 is 1.89 bits per heavy atom. The van der Waals surface area contributed by atoms with E-state index >= 15 is 0 Å². The molecule has 1 aliphatic rings. The van der Waals surface area contributed by atoms with Crippen LogP contribution in [0.1, 0.15) is 17.2 Å². The molecule has 1 N–H and O–H groups in total. The van der Waals surface area contributed by atoms with Gasteiger partial charge in [-0.1, -0.05) is 48.5 Å². The van der Waals surface area contributed by atoms with Crippen molar-refractivity contribution in [2.45, 2.75) is 6.10 Å². The van der Waals surface area contributed by atoms with Crippen molar-refractivity contribution in [2.24, 2.45) is 0 Å². The van der Waals surface area contributed by atoms with Gasteiger partial charge in [-0.2, -0.15) is 0 Å². The van der Waals surface area contributed by atoms with E-state index in [4.69, 9.17) is 4.74 Å². The number of carbonyl (C=O) groups excluding carboxylic acids is 1. The zero-order valence-corrected chi connectivity index (χ0v) is 14.8. The van der Waals surface area contributed by atoms with Gasteiger partial charge >= 0.3 is 0 Å². The number of hydrogen-bond acceptors (Lipinski definition) is 3. The Balaban J connectivity index is 1.50. The largest absolute Gasteiger partial charge is 0.370 e. The number of rotatable bonds is 3. The number of nitrogens with one attached hydrogen (secondary N) is 1. The van der Waals surface area contributed by atoms with Crippen LogP contribution in [0.3, 0.4) is 0 Å². The highest BCUT2D eigenvalue weighted by molar-refractivity contribution is 5.92. The van der Waals surface area contributed by atoms with Crippen LogP contribution in [-0.2, 0) is 9.53 Å². The van der Waals surface area contributed by atoms with Gasteiger partial charge in [0.1, 0.15) is 6.10 Å². The lowest BCUT2D eigenvalue weighted by Crippen LogP contribution is -2.41. The van der Waals surface area contributed by atoms with Crippen molar-refractivity contribution in [3.63, 3.8) is 0 Å². The van der Waals surface area contributed by atoms with E-state index in [2.05, 4.69) is 4.98 Å². The van der Waals surface area contributed by atoms with Crippen LogP contribution in [0.4, 0.5) is 0 Å². The lowest BCUT2D eigenvalue weighted by molar-refractivity contribution is -0.133. The fourth-order valence-electron chi connectivity index (χ4n) is 3.27. The minimum atomic E-state index is -0.207. The predicted molar refractivity (Wildman–Crippen MR) is 105 cm³/mol. The van der Waals surface area contributed by atoms with Crippen molar-refractivity contribution in [1.29, 1.82) is 0 Å². The van der Waals surface area contributed by atoms with E-state index in [0.29, 0.717) is 25.3 Å². The van der Waals surface area contributed by atoms with Crippen LogP contribution in [0.15, 0.2) is 71.5 Å². The molecule has 136 valence electrons. The normalized spacial score (nSPS) is 17.5. The first-order valence-electron chi connectivity index (χ1n) is 8.96. The number of aromatic amines is 1. The first kappa shape index (κ1) is 17.2. The van der Waals surface area contributed by atoms with Gasteiger partial charge in [0, 0.05) is 23.7 Å². The summed E-state index contributed by atoms with van der Waals surface area (Å²) in [5.41, 5.74) is 2.10. The molecule has 2 aromatic carbocycles. The van der Waals surface area contributed by atoms with Crippen molar-refractivity contribution in [2.75, 3.05) is 19.7 Å². The van der Waals surface area contributed by atoms with Crippen LogP contribution < -0.4 is 5.56 Å². The van der Waals surface area contributed by atoms with Crippen LogP contribution in [0.25, 0.3) is 17.0 Å². The molecule has 0 radical (unpaired) electrons. The minimum absolute atomic E-state index is 0.119. The number of benzene rings is 2. The van der Waals surface area contributed by atoms with E-state index in [1.54, 1.807) is 17.0 Å². The van der Waals surface area contributed by atoms with Crippen LogP contribution in [-0.4, -0.2) is 35.5 Å². The Morgan fingerprint density at radius 3 is 2.74 bits per heavy atom. The number of carbonyl (C=O) groups is 1. The van der Waals surface area contributed by atoms with Crippen molar-refractivity contribution in [1.82, 2.24) is 9.88 Å². The van der Waals surface area contributed by atoms with E-state index < -0.39 is 0 Å². The van der Waals surface area contributed by atoms with E-state index in [1.807, 2.05) is 54.6 Å². The first-order valence-corrected chi connectivity index (χ1v) is 8.96. The van der Waals surface area contributed by atoms with Crippen molar-refractivity contribution in [3.05, 3.63) is 88.2 Å². The Hall–Kier alpha value is -3.18. The third kappa shape index (κ3) is 3.83. The molecule has 0 bridgehead atoms. The summed E-state index contributed by atoms with van der Waals surface area (Å²) in [5.74, 6) is -0.119. The molecule has 0 aliphatic carbocycles. The quantitative estimate of drug-likeness (QED) is 0.730. The highest BCUT2D eigenvalue weighted by Crippen LogP contribution is 2.22. The molecule has 0 saturated carbocycles. The molecule has 5 heteroatoms. The second-order valence-corrected chi connectivity index (χ2v) is 6.53. The summed E-state index contributed by atoms with van der Waals surface area (Å²) >= 11 is 0. The van der Waals surface area contributed by atoms with E-state index in [-0.39, 0.29) is 17.6 Å². The first-order chi connectivity index (χ1) is 13.2. The zero-order chi connectivity index (χ0) is 18.6. The number of morpholine rings is 1. The molecular formula is C22H20N2O3. The number of ether oxygens (including phenoxy) is 1. The predicted octanol–water partition coefficient (Wildman–Crippen LogP) is 3.14. The Bertz CT molecular complexity index is 1040. The minimum Gasteiger partial charge on any atom is -0.370 e. The molecule has 1 saturated heterocycles. The highest BCUT2D eigenvalue weighted by Gasteiger charge is 2.24. The van der Waals surface area contributed by atoms with Gasteiger partial charge in [-0.05, 0) is 29.2 Å². The lowest BCUT2D eigenvalue weighted by atomic mass is 10.1. The third-order valence-electron chi connectivity index (χ3n) is 4.74. The molecule has 0 spiro atoms. The average molecular weight is 360 g/mol. The molecule has 5 nitrogen and oxygen atoms in total. The Labute approximate surface area is 156 Å². The molecular weight excluding hydrogens is 340 g/mol. The van der Waals surface area contributed by atoms with Crippen LogP contribution in [0.5, 0.6) is 0 Å². The Kier molecular flexibility index (Phi) is 4.85. The fraction of sp³-hybridized carbons (Fsp3) is 0.182. The monoisotopic (exact) mass is 360 g/mol. The zero-order valence-electron chi connectivity index (χ0n) is 14.8. The summed E-state index contributed by atoms with van der Waals surface area (Å²) in [5, 5.41) is 0.930. The Morgan fingerprint density at radius 1 is 1.11 bits per heavy atom. The van der Waals surface area contributed by atoms with Gasteiger partial charge in [0.2, 0.25) is 5.91 Å². The molecule has 2 heterocycles. The number of amides is 1. The smallest absolute Gasteiger partial charge is 0.255 e. The SMILES string of the molecule is O=C(/C=C/c1cc2ccccc2[nH]c1=O)N1CCOC(c2ccccc2)C1. The molecule has 1 unspecified atom stereocenters. The summed E-state index contributed by atoms with van der Waals surface area (Å²) in [6.45, 7) is 1.54. The maximum absolute atomic E-state index is 12.6. The molecule has 1 aromatic heterocycles. The maximum Gasteiger partial charge on any atom is 0.255 e. The van der Waals surface area contributed by atoms with Crippen molar-refractivity contribution < 1.29 is 9.53 Å². The lowest BCUT2D eigenvalue weighted by Gasteiger charge is -2.32. The van der Waals surface area contributed by atoms with E-state index in [0.717, 1.165) is 16.5 Å². The molecule has 1 atom stereocenters. The van der Waals surface area contributed by atoms with Gasteiger partial charge in [0.05, 0.1) is 13.2 Å². The summed E-state index contributed by atoms with van der Waals surface area (Å²) in [7, 11) is 0. The molecule has 3 aromatic rings. The summed E-state index contributed by atoms with van der Waals surface area (Å²) in [4.78, 5) is 29.4. The van der Waals surface area contributed by atoms with Gasteiger partial charge in [-0.15, -0.1) is 0 Å². The van der Waals surface area contributed by atoms with Gasteiger partial charge in [0.15, 0.2) is 0 Å². The maximum atomic E-state index is 12.6. The van der Waals surface area contributed by atoms with Crippen LogP contribution in [0, 0.1) is 0 Å². The van der Waals surface area contributed by atoms with E-state index in [1.165, 1.54) is 6.08 Å². The number of hydrogen-bond donors (Lipinski definition) is 1. The van der Waals surface area contributed by atoms with Gasteiger partial charge in [0.25, 0.3) is 5.56 Å². The highest BCUT2D eigenvalue weighted by atomic mass is 16.5. The summed E-state index contributed by atoms with van der Waals surface area (Å²) in [6, 6.07) is 19.3. The number of aromatic nitrogens is 1. The number of H-pyrrole nitrogens is 1. The molecule has 1 fully saturated rings. The van der Waals surface area contributed by atoms with Crippen LogP contribution >= 0.6 is 0 Å². The number of para-hydroxylation sites is 1. The number of fused-ring (bicyclic) bond motifs is 1. The van der Waals surface area contributed by atoms with Gasteiger partial charge < -0.3 is 14.6 Å². The summed E-state index contributed by atoms with van der Waals surface area (Å²) in [6.07, 6.45) is 2.93. The summed E-state index contributed by atoms with van der Waals surface area (Å²) < 4.78 is 5.80. The van der Waals surface area contributed by atoms with Crippen molar-refractivity contribution in [3.8, 4) is 0 Å². The molecule has 1 amide bonds. The topological polar surface area (TPSA) is 62.4 Å². The van der Waals surface area contributed by atoms with Crippen molar-refractivity contribution >= 4 is 22.9 Å². The van der Waals surface area contributed by atoms with Gasteiger partial charge in [-0.3, -0.25) is 9.59 Å². The molecule has 1 aliphatic heterocycles. The standard InChI is InChI=1S/C22H20N2O3/c25-21(24-12-13-27-20(15-24)16-6-2-1-3-7-16)11-10-18-14-17-8-4-5-9-19(17)23-22(18)26/h1-11,14,20H,12-13,15H2,(H,23,26)/b11-10+. The fourth-order valence-corrected chi connectivity index (χ4v) is 3.27. The second-order valence-electron chi connectivity index (χ2n) is 6.53. The van der Waals surface area contributed by atoms with Gasteiger partial charge in [-0.25, -0.2) is 0 Å². The number of nitrogens with zero attached hydrogens (tertiary/aromatic N) is 1. The van der Waals surface area contributed by atoms with E-state index in [9.17, 15) is 9.59 Å².